The second kappa shape index (κ2) is 6.01. The second-order valence-corrected chi connectivity index (χ2v) is 5.49. The predicted molar refractivity (Wildman–Crippen MR) is 72.4 cm³/mol. The molecule has 0 bridgehead atoms. The number of aliphatic carboxylic acids is 1. The molecule has 1 atom stereocenters. The Labute approximate surface area is 115 Å². The number of carboxylic acid groups (broad SMARTS) is 1. The van der Waals surface area contributed by atoms with E-state index in [0.717, 1.165) is 11.3 Å². The van der Waals surface area contributed by atoms with E-state index in [1.807, 2.05) is 6.92 Å². The first kappa shape index (κ1) is 15.4. The van der Waals surface area contributed by atoms with Crippen molar-refractivity contribution < 1.29 is 14.7 Å². The highest BCUT2D eigenvalue weighted by molar-refractivity contribution is 7.07. The van der Waals surface area contributed by atoms with Crippen molar-refractivity contribution in [3.8, 4) is 0 Å². The zero-order valence-electron chi connectivity index (χ0n) is 11.2. The second-order valence-electron chi connectivity index (χ2n) is 4.66. The minimum atomic E-state index is -1.29. The number of nitrogens with zero attached hydrogens (tertiary/aromatic N) is 1. The summed E-state index contributed by atoms with van der Waals surface area (Å²) in [5.41, 5.74) is -0.600. The lowest BCUT2D eigenvalue weighted by molar-refractivity contribution is -0.147. The zero-order valence-corrected chi connectivity index (χ0v) is 12.0. The van der Waals surface area contributed by atoms with E-state index in [4.69, 9.17) is 5.11 Å². The summed E-state index contributed by atoms with van der Waals surface area (Å²) in [6.07, 6.45) is 0.978. The lowest BCUT2D eigenvalue weighted by atomic mass is 9.96. The highest BCUT2D eigenvalue weighted by Crippen LogP contribution is 2.12. The van der Waals surface area contributed by atoms with E-state index in [2.05, 4.69) is 5.32 Å². The number of rotatable bonds is 6. The zero-order chi connectivity index (χ0) is 14.6. The van der Waals surface area contributed by atoms with Gasteiger partial charge in [-0.3, -0.25) is 14.2 Å². The molecule has 1 aromatic heterocycles. The molecule has 0 aromatic carbocycles. The molecule has 0 aliphatic rings. The maximum absolute atomic E-state index is 11.9. The van der Waals surface area contributed by atoms with Crippen LogP contribution < -0.4 is 10.2 Å². The summed E-state index contributed by atoms with van der Waals surface area (Å²) in [6, 6.07) is 0. The van der Waals surface area contributed by atoms with Gasteiger partial charge >= 0.3 is 10.8 Å². The third-order valence-electron chi connectivity index (χ3n) is 2.92. The van der Waals surface area contributed by atoms with Crippen LogP contribution in [-0.4, -0.2) is 27.1 Å². The van der Waals surface area contributed by atoms with Gasteiger partial charge in [0.1, 0.15) is 12.1 Å². The number of thiazole rings is 1. The number of aryl methyl sites for hydroxylation is 1. The molecule has 0 saturated carbocycles. The van der Waals surface area contributed by atoms with Crippen molar-refractivity contribution in [1.29, 1.82) is 0 Å². The summed E-state index contributed by atoms with van der Waals surface area (Å²) in [6.45, 7) is 4.90. The largest absolute Gasteiger partial charge is 0.480 e. The summed E-state index contributed by atoms with van der Waals surface area (Å²) in [5.74, 6) is -1.54. The Bertz CT molecular complexity index is 534. The Balaban J connectivity index is 2.80. The Morgan fingerprint density at radius 3 is 2.58 bits per heavy atom. The molecule has 106 valence electrons. The Morgan fingerprint density at radius 2 is 2.16 bits per heavy atom. The summed E-state index contributed by atoms with van der Waals surface area (Å²) in [4.78, 5) is 34.3. The van der Waals surface area contributed by atoms with E-state index in [-0.39, 0.29) is 11.4 Å². The van der Waals surface area contributed by atoms with E-state index in [1.54, 1.807) is 12.3 Å². The van der Waals surface area contributed by atoms with E-state index in [1.165, 1.54) is 11.5 Å². The number of nitrogens with one attached hydrogen (secondary N) is 1. The molecule has 19 heavy (non-hydrogen) atoms. The van der Waals surface area contributed by atoms with Crippen LogP contribution in [0, 0.1) is 6.92 Å². The quantitative estimate of drug-likeness (QED) is 0.816. The molecule has 7 heteroatoms. The van der Waals surface area contributed by atoms with Gasteiger partial charge in [0.15, 0.2) is 0 Å². The van der Waals surface area contributed by atoms with Crippen LogP contribution in [0.2, 0.25) is 0 Å². The molecule has 1 rings (SSSR count). The number of hydrogen-bond acceptors (Lipinski definition) is 4. The fourth-order valence-corrected chi connectivity index (χ4v) is 2.54. The average molecular weight is 286 g/mol. The summed E-state index contributed by atoms with van der Waals surface area (Å²) >= 11 is 1.02. The first-order valence-electron chi connectivity index (χ1n) is 5.99. The van der Waals surface area contributed by atoms with Crippen LogP contribution in [0.3, 0.4) is 0 Å². The lowest BCUT2D eigenvalue weighted by Crippen LogP contribution is -2.53. The normalized spacial score (nSPS) is 13.8. The van der Waals surface area contributed by atoms with E-state index in [9.17, 15) is 14.4 Å². The number of carbonyl (C=O) groups is 2. The van der Waals surface area contributed by atoms with Crippen molar-refractivity contribution >= 4 is 23.2 Å². The van der Waals surface area contributed by atoms with E-state index >= 15 is 0 Å². The predicted octanol–water partition coefficient (Wildman–Crippen LogP) is 0.978. The van der Waals surface area contributed by atoms with Crippen LogP contribution >= 0.6 is 11.3 Å². The van der Waals surface area contributed by atoms with E-state index < -0.39 is 17.4 Å². The molecule has 1 aromatic rings. The fourth-order valence-electron chi connectivity index (χ4n) is 1.81. The average Bonchev–Trinajstić information content (AvgIpc) is 2.60. The lowest BCUT2D eigenvalue weighted by Gasteiger charge is -2.25. The number of amides is 1. The van der Waals surface area contributed by atoms with Crippen molar-refractivity contribution in [3.63, 3.8) is 0 Å². The Hall–Kier alpha value is -1.63. The molecule has 0 radical (unpaired) electrons. The van der Waals surface area contributed by atoms with Crippen LogP contribution in [-0.2, 0) is 16.1 Å². The van der Waals surface area contributed by atoms with Crippen molar-refractivity contribution in [2.75, 3.05) is 0 Å². The minimum Gasteiger partial charge on any atom is -0.480 e. The first-order valence-corrected chi connectivity index (χ1v) is 6.87. The summed E-state index contributed by atoms with van der Waals surface area (Å²) in [7, 11) is 0. The van der Waals surface area contributed by atoms with Crippen LogP contribution in [0.5, 0.6) is 0 Å². The van der Waals surface area contributed by atoms with Crippen LogP contribution in [0.1, 0.15) is 32.4 Å². The highest BCUT2D eigenvalue weighted by Gasteiger charge is 2.33. The Morgan fingerprint density at radius 1 is 1.53 bits per heavy atom. The van der Waals surface area contributed by atoms with Crippen LogP contribution in [0.4, 0.5) is 0 Å². The fraction of sp³-hybridized carbons (Fsp3) is 0.583. The number of hydrogen-bond donors (Lipinski definition) is 2. The van der Waals surface area contributed by atoms with Gasteiger partial charge in [-0.1, -0.05) is 24.7 Å². The highest BCUT2D eigenvalue weighted by atomic mass is 32.1. The molecule has 0 saturated heterocycles. The van der Waals surface area contributed by atoms with Crippen molar-refractivity contribution in [2.24, 2.45) is 0 Å². The van der Waals surface area contributed by atoms with Gasteiger partial charge in [-0.05, 0) is 20.3 Å². The van der Waals surface area contributed by atoms with Gasteiger partial charge < -0.3 is 10.4 Å². The standard InChI is InChI=1S/C12H18N2O4S/c1-4-5-12(3,10(16)17)13-9(15)6-14-8(2)7-19-11(14)18/h7H,4-6H2,1-3H3,(H,13,15)(H,16,17). The third kappa shape index (κ3) is 3.66. The number of carbonyl (C=O) groups excluding carboxylic acids is 1. The first-order chi connectivity index (χ1) is 8.80. The molecule has 0 spiro atoms. The monoisotopic (exact) mass is 286 g/mol. The molecule has 1 amide bonds. The molecule has 1 unspecified atom stereocenters. The molecule has 0 aliphatic heterocycles. The van der Waals surface area contributed by atoms with Crippen LogP contribution in [0.15, 0.2) is 10.2 Å². The maximum Gasteiger partial charge on any atom is 0.329 e. The molecule has 1 heterocycles. The molecular formula is C12H18N2O4S. The van der Waals surface area contributed by atoms with Gasteiger partial charge in [-0.25, -0.2) is 4.79 Å². The van der Waals surface area contributed by atoms with Gasteiger partial charge in [0, 0.05) is 11.1 Å². The SMILES string of the molecule is CCCC(C)(NC(=O)Cn1c(C)csc1=O)C(=O)O. The number of aromatic nitrogens is 1. The van der Waals surface area contributed by atoms with Crippen molar-refractivity contribution in [1.82, 2.24) is 9.88 Å². The van der Waals surface area contributed by atoms with Crippen molar-refractivity contribution in [3.05, 3.63) is 20.7 Å². The van der Waals surface area contributed by atoms with Crippen LogP contribution in [0.25, 0.3) is 0 Å². The van der Waals surface area contributed by atoms with Gasteiger partial charge in [0.05, 0.1) is 0 Å². The van der Waals surface area contributed by atoms with E-state index in [0.29, 0.717) is 18.5 Å². The maximum atomic E-state index is 11.9. The minimum absolute atomic E-state index is 0.152. The topological polar surface area (TPSA) is 88.4 Å². The number of carboxylic acids is 1. The summed E-state index contributed by atoms with van der Waals surface area (Å²) in [5, 5.41) is 13.3. The third-order valence-corrected chi connectivity index (χ3v) is 3.80. The Kier molecular flexibility index (Phi) is 4.88. The molecule has 0 fully saturated rings. The van der Waals surface area contributed by atoms with Crippen molar-refractivity contribution in [2.45, 2.75) is 45.7 Å². The molecular weight excluding hydrogens is 268 g/mol. The van der Waals surface area contributed by atoms with Gasteiger partial charge in [-0.2, -0.15) is 0 Å². The smallest absolute Gasteiger partial charge is 0.329 e. The van der Waals surface area contributed by atoms with Gasteiger partial charge in [0.2, 0.25) is 5.91 Å². The summed E-state index contributed by atoms with van der Waals surface area (Å²) < 4.78 is 1.33. The van der Waals surface area contributed by atoms with Gasteiger partial charge in [-0.15, -0.1) is 0 Å². The molecule has 0 aliphatic carbocycles. The molecule has 6 nitrogen and oxygen atoms in total. The van der Waals surface area contributed by atoms with Gasteiger partial charge in [0.25, 0.3) is 0 Å². The molecule has 2 N–H and O–H groups in total.